The highest BCUT2D eigenvalue weighted by molar-refractivity contribution is 7.18. The number of carbonyl (C=O) groups excluding carboxylic acids is 2. The molecule has 0 aromatic carbocycles. The molecule has 0 saturated carbocycles. The number of pyridine rings is 1. The number of hydrogen-bond donors (Lipinski definition) is 2. The predicted molar refractivity (Wildman–Crippen MR) is 91.1 cm³/mol. The topological polar surface area (TPSA) is 84.2 Å². The Hall–Kier alpha value is -2.93. The maximum absolute atomic E-state index is 12.3. The zero-order valence-electron chi connectivity index (χ0n) is 12.9. The number of anilines is 1. The molecule has 2 amide bonds. The third-order valence-corrected chi connectivity index (χ3v) is 4.34. The largest absolute Gasteiger partial charge is 0.459 e. The van der Waals surface area contributed by atoms with Crippen LogP contribution in [0.1, 0.15) is 38.8 Å². The molecule has 1 atom stereocenters. The molecule has 0 fully saturated rings. The molecule has 3 rings (SSSR count). The minimum absolute atomic E-state index is 0.158. The van der Waals surface area contributed by atoms with Crippen LogP contribution in [0.5, 0.6) is 0 Å². The van der Waals surface area contributed by atoms with Crippen molar-refractivity contribution in [3.63, 3.8) is 0 Å². The van der Waals surface area contributed by atoms with Gasteiger partial charge in [-0.05, 0) is 42.8 Å². The lowest BCUT2D eigenvalue weighted by atomic mass is 10.1. The van der Waals surface area contributed by atoms with E-state index in [9.17, 15) is 9.59 Å². The molecule has 0 spiro atoms. The number of thiophene rings is 1. The van der Waals surface area contributed by atoms with Gasteiger partial charge in [-0.3, -0.25) is 14.6 Å². The van der Waals surface area contributed by atoms with Gasteiger partial charge in [0, 0.05) is 12.4 Å². The van der Waals surface area contributed by atoms with Gasteiger partial charge < -0.3 is 15.1 Å². The molecule has 0 saturated heterocycles. The standard InChI is InChI=1S/C17H15N3O3S/c1-11(12-4-2-8-18-10-12)19-17(22)14-6-7-15(24-14)20-16(21)13-5-3-9-23-13/h2-11H,1H3,(H,19,22)(H,20,21). The highest BCUT2D eigenvalue weighted by Gasteiger charge is 2.15. The van der Waals surface area contributed by atoms with Crippen molar-refractivity contribution in [2.75, 3.05) is 5.32 Å². The fourth-order valence-corrected chi connectivity index (χ4v) is 2.90. The quantitative estimate of drug-likeness (QED) is 0.744. The fraction of sp³-hybridized carbons (Fsp3) is 0.118. The van der Waals surface area contributed by atoms with E-state index in [4.69, 9.17) is 4.42 Å². The van der Waals surface area contributed by atoms with E-state index in [2.05, 4.69) is 15.6 Å². The van der Waals surface area contributed by atoms with Crippen LogP contribution in [0.25, 0.3) is 0 Å². The molecule has 6 nitrogen and oxygen atoms in total. The summed E-state index contributed by atoms with van der Waals surface area (Å²) < 4.78 is 5.03. The number of carbonyl (C=O) groups is 2. The Bertz CT molecular complexity index is 828. The van der Waals surface area contributed by atoms with Gasteiger partial charge in [0.05, 0.1) is 22.2 Å². The minimum atomic E-state index is -0.350. The van der Waals surface area contributed by atoms with E-state index in [-0.39, 0.29) is 23.6 Å². The van der Waals surface area contributed by atoms with Crippen LogP contribution in [-0.4, -0.2) is 16.8 Å². The van der Waals surface area contributed by atoms with Crippen molar-refractivity contribution in [3.8, 4) is 0 Å². The molecular weight excluding hydrogens is 326 g/mol. The van der Waals surface area contributed by atoms with E-state index in [0.29, 0.717) is 9.88 Å². The van der Waals surface area contributed by atoms with Gasteiger partial charge in [0.15, 0.2) is 5.76 Å². The fourth-order valence-electron chi connectivity index (χ4n) is 2.09. The Morgan fingerprint density at radius 3 is 2.75 bits per heavy atom. The van der Waals surface area contributed by atoms with Gasteiger partial charge in [-0.2, -0.15) is 0 Å². The first kappa shape index (κ1) is 15.9. The molecule has 24 heavy (non-hydrogen) atoms. The summed E-state index contributed by atoms with van der Waals surface area (Å²) in [5.41, 5.74) is 0.925. The predicted octanol–water partition coefficient (Wildman–Crippen LogP) is 3.48. The zero-order valence-corrected chi connectivity index (χ0v) is 13.7. The molecule has 3 aromatic heterocycles. The molecule has 3 aromatic rings. The Balaban J connectivity index is 1.62. The SMILES string of the molecule is CC(NC(=O)c1ccc(NC(=O)c2ccco2)s1)c1cccnc1. The number of nitrogens with one attached hydrogen (secondary N) is 2. The smallest absolute Gasteiger partial charge is 0.291 e. The lowest BCUT2D eigenvalue weighted by Crippen LogP contribution is -2.25. The molecule has 2 N–H and O–H groups in total. The molecule has 0 radical (unpaired) electrons. The average molecular weight is 341 g/mol. The summed E-state index contributed by atoms with van der Waals surface area (Å²) in [5.74, 6) is -0.327. The lowest BCUT2D eigenvalue weighted by molar-refractivity contribution is 0.0942. The van der Waals surface area contributed by atoms with E-state index in [1.165, 1.54) is 17.6 Å². The van der Waals surface area contributed by atoms with Crippen LogP contribution in [0.2, 0.25) is 0 Å². The average Bonchev–Trinajstić information content (AvgIpc) is 3.27. The van der Waals surface area contributed by atoms with Gasteiger partial charge in [0.25, 0.3) is 11.8 Å². The van der Waals surface area contributed by atoms with Gasteiger partial charge in [-0.25, -0.2) is 0 Å². The maximum Gasteiger partial charge on any atom is 0.291 e. The lowest BCUT2D eigenvalue weighted by Gasteiger charge is -2.12. The van der Waals surface area contributed by atoms with Crippen molar-refractivity contribution in [1.82, 2.24) is 10.3 Å². The minimum Gasteiger partial charge on any atom is -0.459 e. The van der Waals surface area contributed by atoms with Crippen LogP contribution in [0, 0.1) is 0 Å². The van der Waals surface area contributed by atoms with Crippen LogP contribution < -0.4 is 10.6 Å². The molecule has 0 aliphatic heterocycles. The number of amides is 2. The van der Waals surface area contributed by atoms with Crippen molar-refractivity contribution in [3.05, 3.63) is 71.3 Å². The van der Waals surface area contributed by atoms with E-state index < -0.39 is 0 Å². The monoisotopic (exact) mass is 341 g/mol. The summed E-state index contributed by atoms with van der Waals surface area (Å²) in [5, 5.41) is 6.19. The normalized spacial score (nSPS) is 11.7. The summed E-state index contributed by atoms with van der Waals surface area (Å²) in [6, 6.07) is 10.2. The second kappa shape index (κ2) is 7.10. The number of hydrogen-bond acceptors (Lipinski definition) is 5. The van der Waals surface area contributed by atoms with E-state index in [0.717, 1.165) is 5.56 Å². The second-order valence-electron chi connectivity index (χ2n) is 5.08. The Morgan fingerprint density at radius 2 is 2.04 bits per heavy atom. The first-order chi connectivity index (χ1) is 11.6. The van der Waals surface area contributed by atoms with Crippen LogP contribution in [0.15, 0.2) is 59.5 Å². The molecule has 7 heteroatoms. The van der Waals surface area contributed by atoms with Crippen LogP contribution >= 0.6 is 11.3 Å². The molecule has 0 aliphatic carbocycles. The zero-order chi connectivity index (χ0) is 16.9. The number of nitrogens with zero attached hydrogens (tertiary/aromatic N) is 1. The summed E-state index contributed by atoms with van der Waals surface area (Å²) in [7, 11) is 0. The highest BCUT2D eigenvalue weighted by Crippen LogP contribution is 2.23. The number of furan rings is 1. The molecular formula is C17H15N3O3S. The molecule has 122 valence electrons. The third kappa shape index (κ3) is 3.69. The Labute approximate surface area is 142 Å². The van der Waals surface area contributed by atoms with Gasteiger partial charge >= 0.3 is 0 Å². The van der Waals surface area contributed by atoms with Gasteiger partial charge in [0.2, 0.25) is 0 Å². The van der Waals surface area contributed by atoms with Crippen molar-refractivity contribution >= 4 is 28.2 Å². The molecule has 3 heterocycles. The van der Waals surface area contributed by atoms with Crippen LogP contribution in [0.3, 0.4) is 0 Å². The summed E-state index contributed by atoms with van der Waals surface area (Å²) in [4.78, 5) is 28.8. The summed E-state index contributed by atoms with van der Waals surface area (Å²) >= 11 is 1.20. The van der Waals surface area contributed by atoms with Crippen molar-refractivity contribution in [2.24, 2.45) is 0 Å². The van der Waals surface area contributed by atoms with Crippen LogP contribution in [-0.2, 0) is 0 Å². The second-order valence-corrected chi connectivity index (χ2v) is 6.16. The molecule has 1 unspecified atom stereocenters. The maximum atomic E-state index is 12.3. The first-order valence-corrected chi connectivity index (χ1v) is 8.10. The van der Waals surface area contributed by atoms with Crippen molar-refractivity contribution in [2.45, 2.75) is 13.0 Å². The Morgan fingerprint density at radius 1 is 1.17 bits per heavy atom. The first-order valence-electron chi connectivity index (χ1n) is 7.29. The van der Waals surface area contributed by atoms with Gasteiger partial charge in [-0.15, -0.1) is 11.3 Å². The van der Waals surface area contributed by atoms with Crippen molar-refractivity contribution < 1.29 is 14.0 Å². The Kier molecular flexibility index (Phi) is 4.72. The molecule has 0 bridgehead atoms. The summed E-state index contributed by atoms with van der Waals surface area (Å²) in [6.07, 6.45) is 4.84. The van der Waals surface area contributed by atoms with Crippen LogP contribution in [0.4, 0.5) is 5.00 Å². The van der Waals surface area contributed by atoms with Gasteiger partial charge in [-0.1, -0.05) is 6.07 Å². The highest BCUT2D eigenvalue weighted by atomic mass is 32.1. The van der Waals surface area contributed by atoms with E-state index in [1.54, 1.807) is 36.7 Å². The summed E-state index contributed by atoms with van der Waals surface area (Å²) in [6.45, 7) is 1.89. The number of rotatable bonds is 5. The van der Waals surface area contributed by atoms with Crippen molar-refractivity contribution in [1.29, 1.82) is 0 Å². The third-order valence-electron chi connectivity index (χ3n) is 3.34. The van der Waals surface area contributed by atoms with E-state index >= 15 is 0 Å². The van der Waals surface area contributed by atoms with Gasteiger partial charge in [0.1, 0.15) is 0 Å². The molecule has 0 aliphatic rings. The van der Waals surface area contributed by atoms with E-state index in [1.807, 2.05) is 19.1 Å². The number of aromatic nitrogens is 1.